The molecule has 0 bridgehead atoms. The van der Waals surface area contributed by atoms with E-state index in [1.165, 1.54) is 231 Å². The van der Waals surface area contributed by atoms with E-state index in [0.717, 1.165) is 25.7 Å². The third kappa shape index (κ3) is 37.8. The highest BCUT2D eigenvalue weighted by Gasteiger charge is 2.36. The van der Waals surface area contributed by atoms with Crippen molar-refractivity contribution in [3.8, 4) is 0 Å². The van der Waals surface area contributed by atoms with Crippen molar-refractivity contribution in [3.05, 3.63) is 0 Å². The lowest BCUT2D eigenvalue weighted by molar-refractivity contribution is -0.151. The summed E-state index contributed by atoms with van der Waals surface area (Å²) in [6.07, 6.45) is 56.4. The normalized spacial score (nSPS) is 11.8. The Morgan fingerprint density at radius 2 is 0.481 bits per heavy atom. The minimum atomic E-state index is -0.813. The van der Waals surface area contributed by atoms with Crippen molar-refractivity contribution in [1.82, 2.24) is 0 Å². The second kappa shape index (κ2) is 43.1. The van der Waals surface area contributed by atoms with Gasteiger partial charge in [0.1, 0.15) is 0 Å². The fourth-order valence-corrected chi connectivity index (χ4v) is 8.71. The number of rotatable bonds is 47. The Morgan fingerprint density at radius 1 is 0.296 bits per heavy atom. The summed E-state index contributed by atoms with van der Waals surface area (Å²) in [6, 6.07) is 0. The van der Waals surface area contributed by atoms with Crippen LogP contribution >= 0.6 is 0 Å². The molecule has 0 aliphatic carbocycles. The molecule has 322 valence electrons. The van der Waals surface area contributed by atoms with Gasteiger partial charge >= 0.3 is 11.9 Å². The van der Waals surface area contributed by atoms with Crippen molar-refractivity contribution in [2.24, 2.45) is 5.41 Å². The molecule has 0 spiro atoms. The maximum absolute atomic E-state index is 12.6. The third-order valence-corrected chi connectivity index (χ3v) is 12.5. The Morgan fingerprint density at radius 3 is 0.667 bits per heavy atom. The van der Waals surface area contributed by atoms with Gasteiger partial charge in [-0.05, 0) is 25.7 Å². The van der Waals surface area contributed by atoms with E-state index in [1.54, 1.807) is 0 Å². The highest BCUT2D eigenvalue weighted by molar-refractivity contribution is 5.74. The van der Waals surface area contributed by atoms with Gasteiger partial charge in [-0.15, -0.1) is 0 Å². The Kier molecular flexibility index (Phi) is 42.2. The van der Waals surface area contributed by atoms with Crippen molar-refractivity contribution in [1.29, 1.82) is 0 Å². The molecule has 0 fully saturated rings. The highest BCUT2D eigenvalue weighted by atomic mass is 16.4. The van der Waals surface area contributed by atoms with Crippen molar-refractivity contribution >= 4 is 11.9 Å². The molecule has 0 aromatic carbocycles. The molecule has 0 rings (SSSR count). The predicted molar refractivity (Wildman–Crippen MR) is 237 cm³/mol. The van der Waals surface area contributed by atoms with Crippen LogP contribution in [-0.2, 0) is 9.59 Å². The average molecular weight is 763 g/mol. The van der Waals surface area contributed by atoms with Gasteiger partial charge in [0.05, 0.1) is 5.41 Å². The topological polar surface area (TPSA) is 74.6 Å². The summed E-state index contributed by atoms with van der Waals surface area (Å²) in [4.78, 5) is 23.8. The zero-order valence-electron chi connectivity index (χ0n) is 37.0. The molecule has 0 aliphatic rings. The standard InChI is InChI=1S/C50H98O4/c1-3-5-7-9-11-13-15-17-19-21-23-25-27-29-31-33-35-37-39-41-45-50(49(53)54,47-43-44-48(51)52)46-42-40-38-36-34-32-30-28-26-24-22-20-18-16-14-12-10-8-6-4-2/h3-47H2,1-2H3,(H,51,52)(H,53,54). The molecule has 0 unspecified atom stereocenters. The van der Waals surface area contributed by atoms with Gasteiger partial charge in [0, 0.05) is 6.42 Å². The smallest absolute Gasteiger partial charge is 0.309 e. The van der Waals surface area contributed by atoms with E-state index < -0.39 is 17.4 Å². The number of carboxylic acid groups (broad SMARTS) is 2. The fraction of sp³-hybridized carbons (Fsp3) is 0.960. The average Bonchev–Trinajstić information content (AvgIpc) is 3.15. The number of unbranched alkanes of at least 4 members (excludes halogenated alkanes) is 38. The van der Waals surface area contributed by atoms with Crippen molar-refractivity contribution in [2.75, 3.05) is 0 Å². The maximum Gasteiger partial charge on any atom is 0.309 e. The van der Waals surface area contributed by atoms with Gasteiger partial charge in [0.25, 0.3) is 0 Å². The maximum atomic E-state index is 12.6. The highest BCUT2D eigenvalue weighted by Crippen LogP contribution is 2.38. The molecule has 0 saturated carbocycles. The second-order valence-corrected chi connectivity index (χ2v) is 17.8. The van der Waals surface area contributed by atoms with Crippen molar-refractivity contribution in [2.45, 2.75) is 303 Å². The summed E-state index contributed by atoms with van der Waals surface area (Å²) in [5.41, 5.74) is -0.738. The van der Waals surface area contributed by atoms with Gasteiger partial charge in [-0.2, -0.15) is 0 Å². The van der Waals surface area contributed by atoms with Crippen LogP contribution in [0.2, 0.25) is 0 Å². The van der Waals surface area contributed by atoms with Crippen LogP contribution in [-0.4, -0.2) is 22.2 Å². The first kappa shape index (κ1) is 52.9. The Labute approximate surface area is 339 Å². The summed E-state index contributed by atoms with van der Waals surface area (Å²) in [5.74, 6) is -1.50. The summed E-state index contributed by atoms with van der Waals surface area (Å²) >= 11 is 0. The van der Waals surface area contributed by atoms with E-state index in [9.17, 15) is 19.8 Å². The molecule has 0 heterocycles. The molecule has 0 aliphatic heterocycles. The first-order valence-electron chi connectivity index (χ1n) is 24.9. The molecule has 2 N–H and O–H groups in total. The fourth-order valence-electron chi connectivity index (χ4n) is 8.71. The van der Waals surface area contributed by atoms with E-state index in [0.29, 0.717) is 25.7 Å². The lowest BCUT2D eigenvalue weighted by Gasteiger charge is -2.30. The van der Waals surface area contributed by atoms with Crippen LogP contribution in [0.1, 0.15) is 303 Å². The Balaban J connectivity index is 3.90. The minimum Gasteiger partial charge on any atom is -0.481 e. The lowest BCUT2D eigenvalue weighted by atomic mass is 9.74. The van der Waals surface area contributed by atoms with E-state index in [4.69, 9.17) is 0 Å². The van der Waals surface area contributed by atoms with Crippen LogP contribution in [0.25, 0.3) is 0 Å². The van der Waals surface area contributed by atoms with Gasteiger partial charge in [-0.1, -0.05) is 271 Å². The van der Waals surface area contributed by atoms with E-state index in [-0.39, 0.29) is 6.42 Å². The predicted octanol–water partition coefficient (Wildman–Crippen LogP) is 17.7. The summed E-state index contributed by atoms with van der Waals surface area (Å²) in [7, 11) is 0. The zero-order chi connectivity index (χ0) is 39.5. The number of carbonyl (C=O) groups is 2. The third-order valence-electron chi connectivity index (χ3n) is 12.5. The molecular formula is C50H98O4. The Bertz CT molecular complexity index is 720. The summed E-state index contributed by atoms with van der Waals surface area (Å²) in [6.45, 7) is 4.58. The molecule has 0 aromatic heterocycles. The molecule has 54 heavy (non-hydrogen) atoms. The van der Waals surface area contributed by atoms with Gasteiger partial charge in [-0.25, -0.2) is 0 Å². The van der Waals surface area contributed by atoms with E-state index in [1.807, 2.05) is 0 Å². The van der Waals surface area contributed by atoms with Gasteiger partial charge in [0.15, 0.2) is 0 Å². The molecule has 0 aromatic rings. The van der Waals surface area contributed by atoms with Gasteiger partial charge in [-0.3, -0.25) is 9.59 Å². The molecule has 0 saturated heterocycles. The van der Waals surface area contributed by atoms with Crippen LogP contribution in [0.4, 0.5) is 0 Å². The first-order valence-corrected chi connectivity index (χ1v) is 24.9. The Hall–Kier alpha value is -1.06. The SMILES string of the molecule is CCCCCCCCCCCCCCCCCCCCCCC(CCCCCCCCCCCCCCCCCCCCCC)(CCCC(=O)O)C(=O)O. The second-order valence-electron chi connectivity index (χ2n) is 17.8. The molecule has 4 nitrogen and oxygen atoms in total. The van der Waals surface area contributed by atoms with Crippen LogP contribution in [0.5, 0.6) is 0 Å². The number of hydrogen-bond donors (Lipinski definition) is 2. The summed E-state index contributed by atoms with van der Waals surface area (Å²) in [5, 5.41) is 19.6. The molecule has 0 radical (unpaired) electrons. The van der Waals surface area contributed by atoms with E-state index >= 15 is 0 Å². The summed E-state index contributed by atoms with van der Waals surface area (Å²) < 4.78 is 0. The largest absolute Gasteiger partial charge is 0.481 e. The van der Waals surface area contributed by atoms with Crippen LogP contribution < -0.4 is 0 Å². The lowest BCUT2D eigenvalue weighted by Crippen LogP contribution is -2.31. The number of aliphatic carboxylic acids is 2. The number of carboxylic acids is 2. The molecular weight excluding hydrogens is 665 g/mol. The molecule has 4 heteroatoms. The first-order chi connectivity index (χ1) is 26.5. The quantitative estimate of drug-likeness (QED) is 0.0606. The van der Waals surface area contributed by atoms with E-state index in [2.05, 4.69) is 13.8 Å². The van der Waals surface area contributed by atoms with Crippen molar-refractivity contribution in [3.63, 3.8) is 0 Å². The zero-order valence-corrected chi connectivity index (χ0v) is 37.0. The van der Waals surface area contributed by atoms with Crippen LogP contribution in [0.15, 0.2) is 0 Å². The van der Waals surface area contributed by atoms with Crippen molar-refractivity contribution < 1.29 is 19.8 Å². The number of hydrogen-bond acceptors (Lipinski definition) is 2. The van der Waals surface area contributed by atoms with Crippen LogP contribution in [0.3, 0.4) is 0 Å². The molecule has 0 amide bonds. The molecule has 0 atom stereocenters. The van der Waals surface area contributed by atoms with Gasteiger partial charge < -0.3 is 10.2 Å². The monoisotopic (exact) mass is 763 g/mol. The van der Waals surface area contributed by atoms with Crippen LogP contribution in [0, 0.1) is 5.41 Å². The minimum absolute atomic E-state index is 0.0769. The van der Waals surface area contributed by atoms with Gasteiger partial charge in [0.2, 0.25) is 0 Å².